The molecule has 3 heterocycles. The van der Waals surface area contributed by atoms with Crippen LogP contribution in [-0.4, -0.2) is 36.5 Å². The van der Waals surface area contributed by atoms with E-state index in [1.807, 2.05) is 31.5 Å². The average molecular weight is 366 g/mol. The van der Waals surface area contributed by atoms with Crippen molar-refractivity contribution in [3.8, 4) is 11.5 Å². The van der Waals surface area contributed by atoms with Crippen molar-refractivity contribution in [3.05, 3.63) is 65.2 Å². The van der Waals surface area contributed by atoms with Crippen LogP contribution in [-0.2, 0) is 6.54 Å². The highest BCUT2D eigenvalue weighted by Crippen LogP contribution is 2.21. The Bertz CT molecular complexity index is 958. The van der Waals surface area contributed by atoms with Crippen LogP contribution < -0.4 is 10.9 Å². The molecular formula is C19H22N6O2. The number of H-pyrrole nitrogens is 1. The molecule has 8 heteroatoms. The number of pyridine rings is 1. The maximum absolute atomic E-state index is 12.7. The molecule has 0 aliphatic carbocycles. The van der Waals surface area contributed by atoms with Gasteiger partial charge in [0.1, 0.15) is 11.3 Å². The summed E-state index contributed by atoms with van der Waals surface area (Å²) in [7, 11) is 0. The number of hydrogen-bond acceptors (Lipinski definition) is 5. The molecule has 0 aliphatic rings. The Morgan fingerprint density at radius 1 is 1.26 bits per heavy atom. The monoisotopic (exact) mass is 366 g/mol. The number of hydrogen-bond donors (Lipinski definition) is 2. The van der Waals surface area contributed by atoms with Gasteiger partial charge in [0.2, 0.25) is 0 Å². The third-order valence-corrected chi connectivity index (χ3v) is 4.25. The van der Waals surface area contributed by atoms with Gasteiger partial charge in [-0.25, -0.2) is 9.97 Å². The molecule has 3 aromatic rings. The van der Waals surface area contributed by atoms with Gasteiger partial charge in [0.05, 0.1) is 12.4 Å². The molecule has 3 aromatic heterocycles. The number of amides is 1. The first-order chi connectivity index (χ1) is 12.8. The van der Waals surface area contributed by atoms with Crippen LogP contribution >= 0.6 is 0 Å². The summed E-state index contributed by atoms with van der Waals surface area (Å²) in [4.78, 5) is 40.1. The van der Waals surface area contributed by atoms with E-state index in [4.69, 9.17) is 0 Å². The predicted octanol–water partition coefficient (Wildman–Crippen LogP) is 1.87. The van der Waals surface area contributed by atoms with Crippen LogP contribution in [0.1, 0.15) is 31.1 Å². The van der Waals surface area contributed by atoms with Crippen LogP contribution in [0.4, 0.5) is 0 Å². The first-order valence-electron chi connectivity index (χ1n) is 8.62. The van der Waals surface area contributed by atoms with Gasteiger partial charge in [0.25, 0.3) is 11.5 Å². The highest BCUT2D eigenvalue weighted by atomic mass is 16.2. The van der Waals surface area contributed by atoms with Crippen LogP contribution in [0.15, 0.2) is 54.1 Å². The van der Waals surface area contributed by atoms with Crippen molar-refractivity contribution in [3.63, 3.8) is 0 Å². The molecule has 2 N–H and O–H groups in total. The van der Waals surface area contributed by atoms with E-state index < -0.39 is 11.5 Å². The maximum atomic E-state index is 12.7. The van der Waals surface area contributed by atoms with Crippen molar-refractivity contribution in [1.82, 2.24) is 29.8 Å². The summed E-state index contributed by atoms with van der Waals surface area (Å²) in [6.07, 6.45) is 8.11. The van der Waals surface area contributed by atoms with Crippen LogP contribution in [0.2, 0.25) is 0 Å². The van der Waals surface area contributed by atoms with E-state index in [-0.39, 0.29) is 17.0 Å². The van der Waals surface area contributed by atoms with Gasteiger partial charge in [0, 0.05) is 31.3 Å². The lowest BCUT2D eigenvalue weighted by atomic mass is 9.86. The molecule has 27 heavy (non-hydrogen) atoms. The van der Waals surface area contributed by atoms with E-state index in [0.29, 0.717) is 18.1 Å². The van der Waals surface area contributed by atoms with E-state index in [9.17, 15) is 9.59 Å². The molecule has 0 saturated heterocycles. The van der Waals surface area contributed by atoms with Crippen LogP contribution in [0.3, 0.4) is 0 Å². The second-order valence-corrected chi connectivity index (χ2v) is 7.34. The fourth-order valence-electron chi connectivity index (χ4n) is 2.57. The normalized spacial score (nSPS) is 12.6. The standard InChI is InChI=1S/C19H22N6O2/c1-19(2,3)15(11-25-9-8-20-12-25)23-17(26)13-10-22-16(24-18(13)27)14-6-4-5-7-21-14/h4-10,12,15H,11H2,1-3H3,(H,23,26)(H,22,24,27)/t15-/m0/s1. The molecular weight excluding hydrogens is 344 g/mol. The van der Waals surface area contributed by atoms with Crippen LogP contribution in [0.25, 0.3) is 11.5 Å². The molecule has 140 valence electrons. The molecule has 0 aromatic carbocycles. The van der Waals surface area contributed by atoms with Crippen molar-refractivity contribution in [2.45, 2.75) is 33.4 Å². The van der Waals surface area contributed by atoms with Gasteiger partial charge in [-0.1, -0.05) is 26.8 Å². The summed E-state index contributed by atoms with van der Waals surface area (Å²) in [5.41, 5.74) is -0.212. The molecule has 0 fully saturated rings. The third kappa shape index (κ3) is 4.46. The van der Waals surface area contributed by atoms with Gasteiger partial charge in [-0.15, -0.1) is 0 Å². The summed E-state index contributed by atoms with van der Waals surface area (Å²) in [5, 5.41) is 2.95. The quantitative estimate of drug-likeness (QED) is 0.717. The lowest BCUT2D eigenvalue weighted by molar-refractivity contribution is 0.0890. The SMILES string of the molecule is CC(C)(C)[C@H](Cn1ccnc1)NC(=O)c1cnc(-c2ccccn2)[nH]c1=O. The van der Waals surface area contributed by atoms with Gasteiger partial charge in [0.15, 0.2) is 5.82 Å². The molecule has 0 saturated carbocycles. The maximum Gasteiger partial charge on any atom is 0.264 e. The summed E-state index contributed by atoms with van der Waals surface area (Å²) in [6.45, 7) is 6.64. The van der Waals surface area contributed by atoms with E-state index in [0.717, 1.165) is 0 Å². The summed E-state index contributed by atoms with van der Waals surface area (Å²) in [6, 6.07) is 5.11. The molecule has 0 spiro atoms. The first-order valence-corrected chi connectivity index (χ1v) is 8.62. The van der Waals surface area contributed by atoms with E-state index in [2.05, 4.69) is 25.3 Å². The van der Waals surface area contributed by atoms with Gasteiger partial charge >= 0.3 is 0 Å². The zero-order valence-corrected chi connectivity index (χ0v) is 15.5. The molecule has 8 nitrogen and oxygen atoms in total. The van der Waals surface area contributed by atoms with Crippen molar-refractivity contribution < 1.29 is 4.79 Å². The van der Waals surface area contributed by atoms with Gasteiger partial charge < -0.3 is 14.9 Å². The number of aromatic amines is 1. The minimum Gasteiger partial charge on any atom is -0.347 e. The van der Waals surface area contributed by atoms with Crippen molar-refractivity contribution >= 4 is 5.91 Å². The lowest BCUT2D eigenvalue weighted by Gasteiger charge is -2.31. The summed E-state index contributed by atoms with van der Waals surface area (Å²) in [5.74, 6) is -0.140. The Morgan fingerprint density at radius 3 is 2.67 bits per heavy atom. The lowest BCUT2D eigenvalue weighted by Crippen LogP contribution is -2.47. The second kappa shape index (κ2) is 7.53. The van der Waals surface area contributed by atoms with Gasteiger partial charge in [-0.3, -0.25) is 14.6 Å². The number of imidazole rings is 1. The largest absolute Gasteiger partial charge is 0.347 e. The van der Waals surface area contributed by atoms with E-state index in [1.54, 1.807) is 36.9 Å². The van der Waals surface area contributed by atoms with Crippen LogP contribution in [0.5, 0.6) is 0 Å². The molecule has 0 unspecified atom stereocenters. The Morgan fingerprint density at radius 2 is 2.07 bits per heavy atom. The predicted molar refractivity (Wildman–Crippen MR) is 101 cm³/mol. The fourth-order valence-corrected chi connectivity index (χ4v) is 2.57. The van der Waals surface area contributed by atoms with Gasteiger partial charge in [-0.2, -0.15) is 0 Å². The number of rotatable bonds is 5. The van der Waals surface area contributed by atoms with E-state index >= 15 is 0 Å². The number of aromatic nitrogens is 5. The van der Waals surface area contributed by atoms with Crippen LogP contribution in [0, 0.1) is 5.41 Å². The Kier molecular flexibility index (Phi) is 5.16. The van der Waals surface area contributed by atoms with E-state index in [1.165, 1.54) is 6.20 Å². The molecule has 0 radical (unpaired) electrons. The third-order valence-electron chi connectivity index (χ3n) is 4.25. The van der Waals surface area contributed by atoms with Crippen molar-refractivity contribution in [1.29, 1.82) is 0 Å². The molecule has 0 aliphatic heterocycles. The highest BCUT2D eigenvalue weighted by molar-refractivity contribution is 5.93. The van der Waals surface area contributed by atoms with Crippen molar-refractivity contribution in [2.75, 3.05) is 0 Å². The molecule has 3 rings (SSSR count). The molecule has 0 bridgehead atoms. The second-order valence-electron chi connectivity index (χ2n) is 7.34. The minimum absolute atomic E-state index is 0.0328. The summed E-state index contributed by atoms with van der Waals surface area (Å²) < 4.78 is 1.89. The van der Waals surface area contributed by atoms with Gasteiger partial charge in [-0.05, 0) is 17.5 Å². The first kappa shape index (κ1) is 18.5. The molecule has 1 amide bonds. The highest BCUT2D eigenvalue weighted by Gasteiger charge is 2.28. The minimum atomic E-state index is -0.501. The molecule has 1 atom stereocenters. The zero-order valence-electron chi connectivity index (χ0n) is 15.5. The zero-order chi connectivity index (χ0) is 19.4. The average Bonchev–Trinajstić information content (AvgIpc) is 3.14. The Labute approximate surface area is 156 Å². The Balaban J connectivity index is 1.81. The Hall–Kier alpha value is -3.29. The number of carbonyl (C=O) groups excluding carboxylic acids is 1. The number of nitrogens with one attached hydrogen (secondary N) is 2. The summed E-state index contributed by atoms with van der Waals surface area (Å²) >= 11 is 0. The smallest absolute Gasteiger partial charge is 0.264 e. The number of nitrogens with zero attached hydrogens (tertiary/aromatic N) is 4. The number of carbonyl (C=O) groups is 1. The van der Waals surface area contributed by atoms with Crippen molar-refractivity contribution in [2.24, 2.45) is 5.41 Å². The fraction of sp³-hybridized carbons (Fsp3) is 0.316. The topological polar surface area (TPSA) is 106 Å².